The van der Waals surface area contributed by atoms with E-state index in [4.69, 9.17) is 0 Å². The first kappa shape index (κ1) is 14.6. The number of hydrogen-bond donors (Lipinski definition) is 0. The minimum atomic E-state index is -2.59. The third kappa shape index (κ3) is 2.50. The van der Waals surface area contributed by atoms with E-state index in [-0.39, 0.29) is 13.1 Å². The molecule has 2 aliphatic rings. The average molecular weight is 341 g/mol. The smallest absolute Gasteiger partial charge is 0.282 e. The minimum absolute atomic E-state index is 0.244. The fourth-order valence-corrected chi connectivity index (χ4v) is 3.31. The Balaban J connectivity index is 1.46. The Kier molecular flexibility index (Phi) is 3.01. The molecule has 25 heavy (non-hydrogen) atoms. The third-order valence-corrected chi connectivity index (χ3v) is 4.87. The highest BCUT2D eigenvalue weighted by Gasteiger charge is 2.44. The lowest BCUT2D eigenvalue weighted by molar-refractivity contribution is -0.0262. The van der Waals surface area contributed by atoms with Crippen molar-refractivity contribution in [3.63, 3.8) is 0 Å². The summed E-state index contributed by atoms with van der Waals surface area (Å²) in [6.07, 6.45) is 4.75. The van der Waals surface area contributed by atoms with Gasteiger partial charge in [0, 0.05) is 30.4 Å². The number of anilines is 2. The van der Waals surface area contributed by atoms with Gasteiger partial charge in [-0.15, -0.1) is 5.10 Å². The summed E-state index contributed by atoms with van der Waals surface area (Å²) in [5, 5.41) is 5.37. The van der Waals surface area contributed by atoms with Gasteiger partial charge in [0.2, 0.25) is 0 Å². The van der Waals surface area contributed by atoms with E-state index >= 15 is 0 Å². The number of pyridine rings is 1. The first-order valence-corrected chi connectivity index (χ1v) is 8.41. The number of alkyl halides is 2. The number of nitrogens with zero attached hydrogens (tertiary/aromatic N) is 5. The van der Waals surface area contributed by atoms with E-state index in [9.17, 15) is 8.78 Å². The molecule has 4 heterocycles. The van der Waals surface area contributed by atoms with Crippen molar-refractivity contribution in [2.45, 2.75) is 12.3 Å². The highest BCUT2D eigenvalue weighted by atomic mass is 19.3. The maximum Gasteiger partial charge on any atom is 0.282 e. The molecule has 1 aromatic carbocycles. The molecule has 0 radical (unpaired) electrons. The molecule has 0 bridgehead atoms. The number of halogens is 2. The number of aromatic nitrogens is 3. The van der Waals surface area contributed by atoms with Crippen molar-refractivity contribution in [1.29, 1.82) is 0 Å². The molecule has 2 fully saturated rings. The lowest BCUT2D eigenvalue weighted by Crippen LogP contribution is -2.56. The first-order valence-electron chi connectivity index (χ1n) is 8.41. The van der Waals surface area contributed by atoms with Gasteiger partial charge in [0.15, 0.2) is 5.65 Å². The molecule has 0 spiro atoms. The predicted octanol–water partition coefficient (Wildman–Crippen LogP) is 3.09. The summed E-state index contributed by atoms with van der Waals surface area (Å²) < 4.78 is 27.9. The lowest BCUT2D eigenvalue weighted by atomic mass is 10.1. The predicted molar refractivity (Wildman–Crippen MR) is 92.9 cm³/mol. The van der Waals surface area contributed by atoms with Gasteiger partial charge >= 0.3 is 0 Å². The van der Waals surface area contributed by atoms with Gasteiger partial charge in [-0.1, -0.05) is 6.07 Å². The number of benzene rings is 1. The third-order valence-electron chi connectivity index (χ3n) is 4.87. The first-order chi connectivity index (χ1) is 12.1. The molecule has 2 aliphatic heterocycles. The van der Waals surface area contributed by atoms with Gasteiger partial charge in [-0.2, -0.15) is 0 Å². The second kappa shape index (κ2) is 5.15. The van der Waals surface area contributed by atoms with E-state index in [1.54, 1.807) is 15.8 Å². The van der Waals surface area contributed by atoms with E-state index in [0.717, 1.165) is 24.2 Å². The molecule has 2 saturated heterocycles. The van der Waals surface area contributed by atoms with Crippen molar-refractivity contribution >= 4 is 22.4 Å². The molecule has 0 atom stereocenters. The van der Waals surface area contributed by atoms with Crippen LogP contribution in [0.25, 0.3) is 16.7 Å². The highest BCUT2D eigenvalue weighted by molar-refractivity contribution is 5.79. The monoisotopic (exact) mass is 341 g/mol. The van der Waals surface area contributed by atoms with Gasteiger partial charge in [-0.3, -0.25) is 0 Å². The SMILES string of the molecule is FC1(F)CN(c2cnc3nn(-c4cccc(N5CCC5)c4)cc3c2)C1. The van der Waals surface area contributed by atoms with Crippen LogP contribution in [0.1, 0.15) is 6.42 Å². The topological polar surface area (TPSA) is 37.2 Å². The lowest BCUT2D eigenvalue weighted by Gasteiger charge is -2.40. The summed E-state index contributed by atoms with van der Waals surface area (Å²) in [5.74, 6) is -2.59. The van der Waals surface area contributed by atoms with E-state index in [1.165, 1.54) is 12.1 Å². The van der Waals surface area contributed by atoms with Gasteiger partial charge < -0.3 is 9.80 Å². The average Bonchev–Trinajstić information content (AvgIpc) is 2.94. The summed E-state index contributed by atoms with van der Waals surface area (Å²) in [7, 11) is 0. The molecular weight excluding hydrogens is 324 g/mol. The van der Waals surface area contributed by atoms with Crippen molar-refractivity contribution in [1.82, 2.24) is 14.8 Å². The summed E-state index contributed by atoms with van der Waals surface area (Å²) in [5.41, 5.74) is 3.50. The minimum Gasteiger partial charge on any atom is -0.371 e. The standard InChI is InChI=1S/C18H17F2N5/c19-18(20)11-24(12-18)16-7-13-10-25(22-17(13)21-9-16)15-4-1-3-14(8-15)23-5-2-6-23/h1,3-4,7-10H,2,5-6,11-12H2. The molecule has 7 heteroatoms. The van der Waals surface area contributed by atoms with Crippen LogP contribution in [-0.4, -0.2) is 46.9 Å². The largest absolute Gasteiger partial charge is 0.371 e. The normalized spacial score (nSPS) is 19.0. The molecule has 128 valence electrons. The number of fused-ring (bicyclic) bond motifs is 1. The van der Waals surface area contributed by atoms with Gasteiger partial charge in [-0.05, 0) is 30.7 Å². The molecule has 0 aliphatic carbocycles. The molecule has 2 aromatic heterocycles. The van der Waals surface area contributed by atoms with Crippen LogP contribution >= 0.6 is 0 Å². The van der Waals surface area contributed by atoms with Crippen LogP contribution in [0, 0.1) is 0 Å². The zero-order valence-electron chi connectivity index (χ0n) is 13.6. The van der Waals surface area contributed by atoms with E-state index in [1.807, 2.05) is 24.4 Å². The van der Waals surface area contributed by atoms with Gasteiger partial charge in [-0.25, -0.2) is 18.4 Å². The van der Waals surface area contributed by atoms with Crippen molar-refractivity contribution in [2.75, 3.05) is 36.0 Å². The van der Waals surface area contributed by atoms with Crippen LogP contribution < -0.4 is 9.80 Å². The van der Waals surface area contributed by atoms with E-state index in [2.05, 4.69) is 27.1 Å². The Bertz CT molecular complexity index is 940. The van der Waals surface area contributed by atoms with Crippen LogP contribution in [0.3, 0.4) is 0 Å². The number of rotatable bonds is 3. The van der Waals surface area contributed by atoms with Crippen LogP contribution in [0.2, 0.25) is 0 Å². The van der Waals surface area contributed by atoms with E-state index in [0.29, 0.717) is 11.3 Å². The Morgan fingerprint density at radius 3 is 2.48 bits per heavy atom. The molecule has 0 saturated carbocycles. The second-order valence-corrected chi connectivity index (χ2v) is 6.75. The Morgan fingerprint density at radius 2 is 1.76 bits per heavy atom. The highest BCUT2D eigenvalue weighted by Crippen LogP contribution is 2.32. The molecule has 0 amide bonds. The van der Waals surface area contributed by atoms with E-state index < -0.39 is 5.92 Å². The molecule has 5 rings (SSSR count). The maximum absolute atomic E-state index is 13.1. The van der Waals surface area contributed by atoms with Crippen LogP contribution in [0.15, 0.2) is 42.7 Å². The molecule has 3 aromatic rings. The molecule has 5 nitrogen and oxygen atoms in total. The van der Waals surface area contributed by atoms with Gasteiger partial charge in [0.05, 0.1) is 30.7 Å². The van der Waals surface area contributed by atoms with Gasteiger partial charge in [0.1, 0.15) is 0 Å². The van der Waals surface area contributed by atoms with Crippen LogP contribution in [0.5, 0.6) is 0 Å². The summed E-state index contributed by atoms with van der Waals surface area (Å²) in [6.45, 7) is 1.70. The van der Waals surface area contributed by atoms with Gasteiger partial charge in [0.25, 0.3) is 5.92 Å². The number of hydrogen-bond acceptors (Lipinski definition) is 4. The Labute approximate surface area is 143 Å². The molecule has 0 N–H and O–H groups in total. The maximum atomic E-state index is 13.1. The van der Waals surface area contributed by atoms with Crippen LogP contribution in [0.4, 0.5) is 20.2 Å². The van der Waals surface area contributed by atoms with Crippen molar-refractivity contribution in [2.24, 2.45) is 0 Å². The van der Waals surface area contributed by atoms with Crippen LogP contribution in [-0.2, 0) is 0 Å². The fourth-order valence-electron chi connectivity index (χ4n) is 3.31. The van der Waals surface area contributed by atoms with Crippen molar-refractivity contribution in [3.8, 4) is 5.69 Å². The molecule has 0 unspecified atom stereocenters. The van der Waals surface area contributed by atoms with Crippen molar-refractivity contribution < 1.29 is 8.78 Å². The summed E-state index contributed by atoms with van der Waals surface area (Å²) in [6, 6.07) is 10.1. The Morgan fingerprint density at radius 1 is 0.960 bits per heavy atom. The quantitative estimate of drug-likeness (QED) is 0.734. The molecular formula is C18H17F2N5. The zero-order chi connectivity index (χ0) is 17.0. The zero-order valence-corrected chi connectivity index (χ0v) is 13.6. The summed E-state index contributed by atoms with van der Waals surface area (Å²) >= 11 is 0. The second-order valence-electron chi connectivity index (χ2n) is 6.75. The summed E-state index contributed by atoms with van der Waals surface area (Å²) in [4.78, 5) is 8.29. The fraction of sp³-hybridized carbons (Fsp3) is 0.333. The van der Waals surface area contributed by atoms with Crippen molar-refractivity contribution in [3.05, 3.63) is 42.7 Å². The Hall–Kier alpha value is -2.70.